The predicted molar refractivity (Wildman–Crippen MR) is 55.2 cm³/mol. The smallest absolute Gasteiger partial charge is 0.416 e. The molecule has 1 fully saturated rings. The Hall–Kier alpha value is -1.23. The fraction of sp³-hybridized carbons (Fsp3) is 0.455. The number of phenols is 1. The maximum atomic E-state index is 11.9. The Morgan fingerprint density at radius 1 is 1.12 bits per heavy atom. The Kier molecular flexibility index (Phi) is 4.61. The van der Waals surface area contributed by atoms with Crippen LogP contribution in [0.1, 0.15) is 18.4 Å². The number of benzene rings is 1. The number of alkyl halides is 3. The topological polar surface area (TPSA) is 32.3 Å². The minimum absolute atomic E-state index is 0.375. The van der Waals surface area contributed by atoms with Gasteiger partial charge in [0.25, 0.3) is 0 Å². The maximum absolute atomic E-state index is 11.9. The lowest BCUT2D eigenvalue weighted by Crippen LogP contribution is -2.03. The third-order valence-electron chi connectivity index (χ3n) is 2.13. The van der Waals surface area contributed by atoms with E-state index in [1.807, 2.05) is 0 Å². The molecule has 1 aliphatic heterocycles. The normalized spacial score (nSPS) is 15.4. The molecule has 1 saturated heterocycles. The van der Waals surface area contributed by atoms with E-state index in [4.69, 9.17) is 5.11 Å². The second-order valence-corrected chi connectivity index (χ2v) is 3.51. The zero-order valence-corrected chi connectivity index (χ0v) is 8.72. The first-order chi connectivity index (χ1) is 7.50. The highest BCUT2D eigenvalue weighted by Gasteiger charge is 2.30. The standard InChI is InChI=1S/C7H5F3O.C4H9N/c8-7(9,10)5-2-1-3-6(11)4-5;1-2-4-5-3-1/h1-4,11H;5H,1-4H2. The molecule has 0 atom stereocenters. The molecule has 0 aromatic heterocycles. The van der Waals surface area contributed by atoms with Crippen LogP contribution in [0.4, 0.5) is 13.2 Å². The van der Waals surface area contributed by atoms with Crippen LogP contribution in [-0.2, 0) is 6.18 Å². The van der Waals surface area contributed by atoms with Gasteiger partial charge in [-0.3, -0.25) is 0 Å². The Balaban J connectivity index is 0.000000212. The summed E-state index contributed by atoms with van der Waals surface area (Å²) in [6.07, 6.45) is -1.60. The lowest BCUT2D eigenvalue weighted by atomic mass is 10.2. The first-order valence-corrected chi connectivity index (χ1v) is 5.07. The zero-order chi connectivity index (χ0) is 12.0. The van der Waals surface area contributed by atoms with E-state index in [9.17, 15) is 13.2 Å². The van der Waals surface area contributed by atoms with Gasteiger partial charge in [0.05, 0.1) is 5.56 Å². The van der Waals surface area contributed by atoms with Crippen LogP contribution in [-0.4, -0.2) is 18.2 Å². The Bertz CT molecular complexity index is 314. The van der Waals surface area contributed by atoms with Crippen LogP contribution in [0.3, 0.4) is 0 Å². The molecule has 2 nitrogen and oxygen atoms in total. The van der Waals surface area contributed by atoms with Gasteiger partial charge in [0.1, 0.15) is 5.75 Å². The second-order valence-electron chi connectivity index (χ2n) is 3.51. The highest BCUT2D eigenvalue weighted by Crippen LogP contribution is 2.30. The van der Waals surface area contributed by atoms with Crippen molar-refractivity contribution in [2.45, 2.75) is 19.0 Å². The Morgan fingerprint density at radius 2 is 1.75 bits per heavy atom. The number of hydrogen-bond acceptors (Lipinski definition) is 2. The molecular weight excluding hydrogens is 219 g/mol. The number of aromatic hydroxyl groups is 1. The summed E-state index contributed by atoms with van der Waals surface area (Å²) in [5.74, 6) is -0.375. The molecule has 0 spiro atoms. The molecule has 0 radical (unpaired) electrons. The van der Waals surface area contributed by atoms with Crippen molar-refractivity contribution in [1.29, 1.82) is 0 Å². The van der Waals surface area contributed by atoms with Crippen molar-refractivity contribution >= 4 is 0 Å². The Labute approximate surface area is 92.1 Å². The molecule has 1 heterocycles. The quantitative estimate of drug-likeness (QED) is 0.722. The molecule has 0 amide bonds. The molecule has 5 heteroatoms. The largest absolute Gasteiger partial charge is 0.508 e. The monoisotopic (exact) mass is 233 g/mol. The molecule has 16 heavy (non-hydrogen) atoms. The van der Waals surface area contributed by atoms with Crippen LogP contribution in [0.25, 0.3) is 0 Å². The van der Waals surface area contributed by atoms with Crippen molar-refractivity contribution < 1.29 is 18.3 Å². The third-order valence-corrected chi connectivity index (χ3v) is 2.13. The van der Waals surface area contributed by atoms with Crippen molar-refractivity contribution in [2.24, 2.45) is 0 Å². The summed E-state index contributed by atoms with van der Waals surface area (Å²) in [7, 11) is 0. The summed E-state index contributed by atoms with van der Waals surface area (Å²) in [5.41, 5.74) is -0.836. The van der Waals surface area contributed by atoms with Gasteiger partial charge in [-0.1, -0.05) is 6.07 Å². The average Bonchev–Trinajstić information content (AvgIpc) is 2.74. The van der Waals surface area contributed by atoms with Gasteiger partial charge in [-0.05, 0) is 44.1 Å². The van der Waals surface area contributed by atoms with Gasteiger partial charge >= 0.3 is 6.18 Å². The van der Waals surface area contributed by atoms with Gasteiger partial charge in [0.2, 0.25) is 0 Å². The first-order valence-electron chi connectivity index (χ1n) is 5.07. The minimum atomic E-state index is -4.38. The maximum Gasteiger partial charge on any atom is 0.416 e. The molecule has 0 aliphatic carbocycles. The highest BCUT2D eigenvalue weighted by molar-refractivity contribution is 5.28. The molecular formula is C11H14F3NO. The number of nitrogens with one attached hydrogen (secondary N) is 1. The predicted octanol–water partition coefficient (Wildman–Crippen LogP) is 2.78. The van der Waals surface area contributed by atoms with E-state index in [0.717, 1.165) is 12.1 Å². The summed E-state index contributed by atoms with van der Waals surface area (Å²) in [6.45, 7) is 2.50. The molecule has 1 aromatic carbocycles. The third kappa shape index (κ3) is 4.53. The van der Waals surface area contributed by atoms with Gasteiger partial charge in [-0.25, -0.2) is 0 Å². The minimum Gasteiger partial charge on any atom is -0.508 e. The molecule has 0 unspecified atom stereocenters. The summed E-state index contributed by atoms with van der Waals surface area (Å²) in [4.78, 5) is 0. The van der Waals surface area contributed by atoms with Crippen LogP contribution >= 0.6 is 0 Å². The van der Waals surface area contributed by atoms with E-state index in [2.05, 4.69) is 5.32 Å². The van der Waals surface area contributed by atoms with Crippen molar-refractivity contribution in [3.8, 4) is 5.75 Å². The Morgan fingerprint density at radius 3 is 2.06 bits per heavy atom. The molecule has 90 valence electrons. The van der Waals surface area contributed by atoms with Crippen LogP contribution in [0, 0.1) is 0 Å². The van der Waals surface area contributed by atoms with E-state index in [1.165, 1.54) is 32.0 Å². The first kappa shape index (κ1) is 12.8. The molecule has 2 rings (SSSR count). The zero-order valence-electron chi connectivity index (χ0n) is 8.72. The van der Waals surface area contributed by atoms with Crippen LogP contribution in [0.5, 0.6) is 5.75 Å². The fourth-order valence-electron chi connectivity index (χ4n) is 1.31. The lowest BCUT2D eigenvalue weighted by molar-refractivity contribution is -0.137. The van der Waals surface area contributed by atoms with Crippen LogP contribution < -0.4 is 5.32 Å². The van der Waals surface area contributed by atoms with Crippen molar-refractivity contribution in [3.63, 3.8) is 0 Å². The van der Waals surface area contributed by atoms with E-state index >= 15 is 0 Å². The summed E-state index contributed by atoms with van der Waals surface area (Å²) in [6, 6.07) is 3.92. The number of hydrogen-bond donors (Lipinski definition) is 2. The molecule has 1 aromatic rings. The number of rotatable bonds is 0. The second kappa shape index (κ2) is 5.75. The van der Waals surface area contributed by atoms with Crippen molar-refractivity contribution in [3.05, 3.63) is 29.8 Å². The van der Waals surface area contributed by atoms with E-state index in [0.29, 0.717) is 6.07 Å². The number of phenolic OH excluding ortho intramolecular Hbond substituents is 1. The highest BCUT2D eigenvalue weighted by atomic mass is 19.4. The summed E-state index contributed by atoms with van der Waals surface area (Å²) < 4.78 is 35.6. The fourth-order valence-corrected chi connectivity index (χ4v) is 1.31. The molecule has 0 bridgehead atoms. The van der Waals surface area contributed by atoms with E-state index < -0.39 is 11.7 Å². The van der Waals surface area contributed by atoms with Crippen LogP contribution in [0.15, 0.2) is 24.3 Å². The van der Waals surface area contributed by atoms with Gasteiger partial charge in [-0.15, -0.1) is 0 Å². The van der Waals surface area contributed by atoms with E-state index in [-0.39, 0.29) is 5.75 Å². The lowest BCUT2D eigenvalue weighted by Gasteiger charge is -2.05. The van der Waals surface area contributed by atoms with E-state index in [1.54, 1.807) is 0 Å². The van der Waals surface area contributed by atoms with Gasteiger partial charge in [0, 0.05) is 0 Å². The molecule has 0 saturated carbocycles. The molecule has 2 N–H and O–H groups in total. The van der Waals surface area contributed by atoms with Crippen molar-refractivity contribution in [2.75, 3.05) is 13.1 Å². The van der Waals surface area contributed by atoms with Crippen molar-refractivity contribution in [1.82, 2.24) is 5.32 Å². The van der Waals surface area contributed by atoms with Crippen LogP contribution in [0.2, 0.25) is 0 Å². The summed E-state index contributed by atoms with van der Waals surface area (Å²) >= 11 is 0. The molecule has 1 aliphatic rings. The van der Waals surface area contributed by atoms with Gasteiger partial charge in [0.15, 0.2) is 0 Å². The number of halogens is 3. The summed E-state index contributed by atoms with van der Waals surface area (Å²) in [5, 5.41) is 11.9. The average molecular weight is 233 g/mol. The van der Waals surface area contributed by atoms with Gasteiger partial charge < -0.3 is 10.4 Å². The SMILES string of the molecule is C1CCNC1.Oc1cccc(C(F)(F)F)c1. The van der Waals surface area contributed by atoms with Gasteiger partial charge in [-0.2, -0.15) is 13.2 Å².